The highest BCUT2D eigenvalue weighted by atomic mass is 19.1. The fourth-order valence-corrected chi connectivity index (χ4v) is 4.73. The Morgan fingerprint density at radius 1 is 1.00 bits per heavy atom. The van der Waals surface area contributed by atoms with Crippen LogP contribution in [0.2, 0.25) is 0 Å². The predicted molar refractivity (Wildman–Crippen MR) is 110 cm³/mol. The number of rotatable bonds is 6. The van der Waals surface area contributed by atoms with Crippen molar-refractivity contribution in [2.24, 2.45) is 11.8 Å². The van der Waals surface area contributed by atoms with E-state index in [4.69, 9.17) is 14.2 Å². The monoisotopic (exact) mass is 431 g/mol. The van der Waals surface area contributed by atoms with Crippen molar-refractivity contribution in [3.05, 3.63) is 53.3 Å². The van der Waals surface area contributed by atoms with Gasteiger partial charge in [-0.1, -0.05) is 12.1 Å². The normalized spacial score (nSPS) is 27.4. The summed E-state index contributed by atoms with van der Waals surface area (Å²) in [4.78, 5) is 12.3. The van der Waals surface area contributed by atoms with Gasteiger partial charge < -0.3 is 19.3 Å². The summed E-state index contributed by atoms with van der Waals surface area (Å²) in [5.41, 5.74) is 7.99. The Balaban J connectivity index is 1.67. The van der Waals surface area contributed by atoms with Crippen molar-refractivity contribution in [1.29, 1.82) is 0 Å². The van der Waals surface area contributed by atoms with Gasteiger partial charge in [-0.05, 0) is 36.2 Å². The van der Waals surface area contributed by atoms with E-state index in [9.17, 15) is 14.3 Å². The molecule has 0 amide bonds. The van der Waals surface area contributed by atoms with E-state index in [1.165, 1.54) is 19.2 Å². The van der Waals surface area contributed by atoms with Crippen LogP contribution in [0.5, 0.6) is 17.2 Å². The largest absolute Gasteiger partial charge is 0.493 e. The summed E-state index contributed by atoms with van der Waals surface area (Å²) in [6.07, 6.45) is 0.0383. The number of hydrogen-bond donors (Lipinski definition) is 4. The third kappa shape index (κ3) is 3.80. The van der Waals surface area contributed by atoms with E-state index in [1.807, 2.05) is 6.07 Å². The fraction of sp³-hybridized carbons (Fsp3) is 0.409. The van der Waals surface area contributed by atoms with Gasteiger partial charge in [0, 0.05) is 17.5 Å². The number of benzene rings is 2. The molecule has 8 nitrogen and oxygen atoms in total. The van der Waals surface area contributed by atoms with Crippen molar-refractivity contribution in [2.45, 2.75) is 24.7 Å². The number of nitrogens with one attached hydrogen (secondary N) is 3. The first kappa shape index (κ1) is 21.4. The maximum absolute atomic E-state index is 13.4. The molecule has 4 rings (SSSR count). The van der Waals surface area contributed by atoms with Gasteiger partial charge in [0.25, 0.3) is 0 Å². The molecule has 2 aliphatic heterocycles. The lowest BCUT2D eigenvalue weighted by atomic mass is 9.74. The van der Waals surface area contributed by atoms with Crippen LogP contribution in [-0.2, 0) is 4.79 Å². The highest BCUT2D eigenvalue weighted by Crippen LogP contribution is 2.47. The van der Waals surface area contributed by atoms with Crippen LogP contribution in [0.4, 0.5) is 4.39 Å². The minimum absolute atomic E-state index is 0.271. The molecule has 2 heterocycles. The number of ether oxygens (including phenoxy) is 3. The molecule has 2 aromatic carbocycles. The summed E-state index contributed by atoms with van der Waals surface area (Å²) < 4.78 is 29.8. The number of aliphatic carboxylic acids is 1. The highest BCUT2D eigenvalue weighted by Gasteiger charge is 2.49. The van der Waals surface area contributed by atoms with E-state index in [0.29, 0.717) is 23.7 Å². The Morgan fingerprint density at radius 3 is 2.32 bits per heavy atom. The first-order valence-electron chi connectivity index (χ1n) is 10.0. The van der Waals surface area contributed by atoms with E-state index in [-0.39, 0.29) is 30.0 Å². The molecule has 5 unspecified atom stereocenters. The van der Waals surface area contributed by atoms with Gasteiger partial charge in [-0.3, -0.25) is 10.1 Å². The van der Waals surface area contributed by atoms with Crippen molar-refractivity contribution < 1.29 is 28.5 Å². The molecule has 2 saturated heterocycles. The highest BCUT2D eigenvalue weighted by molar-refractivity contribution is 5.71. The number of fused-ring (bicyclic) bond motifs is 1. The van der Waals surface area contributed by atoms with Crippen LogP contribution in [-0.4, -0.2) is 38.6 Å². The maximum Gasteiger partial charge on any atom is 0.307 e. The third-order valence-electron chi connectivity index (χ3n) is 6.16. The fourth-order valence-electron chi connectivity index (χ4n) is 4.73. The Labute approximate surface area is 179 Å². The van der Waals surface area contributed by atoms with Crippen LogP contribution in [0.25, 0.3) is 0 Å². The number of carboxylic acid groups (broad SMARTS) is 1. The quantitative estimate of drug-likeness (QED) is 0.553. The summed E-state index contributed by atoms with van der Waals surface area (Å²) >= 11 is 0. The van der Waals surface area contributed by atoms with Crippen LogP contribution in [0.15, 0.2) is 36.4 Å². The predicted octanol–water partition coefficient (Wildman–Crippen LogP) is 2.38. The molecule has 0 saturated carbocycles. The lowest BCUT2D eigenvalue weighted by Gasteiger charge is -2.39. The summed E-state index contributed by atoms with van der Waals surface area (Å²) in [5, 5.41) is 13.6. The van der Waals surface area contributed by atoms with Crippen molar-refractivity contribution >= 4 is 5.97 Å². The lowest BCUT2D eigenvalue weighted by Crippen LogP contribution is -2.53. The Morgan fingerprint density at radius 2 is 1.71 bits per heavy atom. The van der Waals surface area contributed by atoms with E-state index in [1.54, 1.807) is 32.4 Å². The molecule has 4 N–H and O–H groups in total. The van der Waals surface area contributed by atoms with Crippen LogP contribution < -0.4 is 30.4 Å². The maximum atomic E-state index is 13.4. The molecule has 0 bridgehead atoms. The van der Waals surface area contributed by atoms with Gasteiger partial charge in [0.2, 0.25) is 5.75 Å². The number of carbonyl (C=O) groups is 1. The molecule has 2 aliphatic rings. The van der Waals surface area contributed by atoms with Gasteiger partial charge in [-0.2, -0.15) is 0 Å². The Kier molecular flexibility index (Phi) is 5.99. The summed E-state index contributed by atoms with van der Waals surface area (Å²) in [7, 11) is 4.62. The van der Waals surface area contributed by atoms with Crippen molar-refractivity contribution in [3.63, 3.8) is 0 Å². The van der Waals surface area contributed by atoms with Gasteiger partial charge in [-0.15, -0.1) is 0 Å². The summed E-state index contributed by atoms with van der Waals surface area (Å²) in [6, 6.07) is 9.20. The number of methoxy groups -OCH3 is 3. The van der Waals surface area contributed by atoms with E-state index >= 15 is 0 Å². The molecular formula is C22H26FN3O5. The minimum atomic E-state index is -0.876. The zero-order valence-electron chi connectivity index (χ0n) is 17.5. The number of halogens is 1. The van der Waals surface area contributed by atoms with Gasteiger partial charge >= 0.3 is 5.97 Å². The lowest BCUT2D eigenvalue weighted by molar-refractivity contribution is -0.146. The molecule has 31 heavy (non-hydrogen) atoms. The Hall–Kier alpha value is -2.88. The zero-order chi connectivity index (χ0) is 22.1. The first-order valence-corrected chi connectivity index (χ1v) is 10.0. The van der Waals surface area contributed by atoms with E-state index < -0.39 is 11.9 Å². The standard InChI is InChI=1S/C22H26FN3O5/c1-29-16-9-8-13(19(30-2)20(16)31-3)15-10-14(22(27)28)17-18(25-26-21(17)24-15)11-4-6-12(23)7-5-11/h4-9,14-15,17-18,21,24-26H,10H2,1-3H3,(H,27,28). The smallest absolute Gasteiger partial charge is 0.307 e. The van der Waals surface area contributed by atoms with Crippen LogP contribution in [0, 0.1) is 17.7 Å². The molecule has 166 valence electrons. The van der Waals surface area contributed by atoms with Gasteiger partial charge in [0.05, 0.1) is 39.5 Å². The molecular weight excluding hydrogens is 405 g/mol. The molecule has 0 radical (unpaired) electrons. The van der Waals surface area contributed by atoms with Crippen molar-refractivity contribution in [3.8, 4) is 17.2 Å². The molecule has 2 fully saturated rings. The van der Waals surface area contributed by atoms with Crippen LogP contribution >= 0.6 is 0 Å². The topological polar surface area (TPSA) is 101 Å². The minimum Gasteiger partial charge on any atom is -0.493 e. The Bertz CT molecular complexity index is 955. The van der Waals surface area contributed by atoms with Crippen molar-refractivity contribution in [2.75, 3.05) is 21.3 Å². The average molecular weight is 431 g/mol. The van der Waals surface area contributed by atoms with Gasteiger partial charge in [0.15, 0.2) is 11.5 Å². The number of hydrogen-bond acceptors (Lipinski definition) is 7. The zero-order valence-corrected chi connectivity index (χ0v) is 17.5. The summed E-state index contributed by atoms with van der Waals surface area (Å²) in [5.74, 6) is -0.634. The molecule has 9 heteroatoms. The third-order valence-corrected chi connectivity index (χ3v) is 6.16. The van der Waals surface area contributed by atoms with Gasteiger partial charge in [0.1, 0.15) is 5.82 Å². The SMILES string of the molecule is COc1ccc(C2CC(C(=O)O)C3C(NNC3c3ccc(F)cc3)N2)c(OC)c1OC. The number of piperidine rings is 1. The molecule has 5 atom stereocenters. The number of carboxylic acids is 1. The average Bonchev–Trinajstić information content (AvgIpc) is 3.21. The van der Waals surface area contributed by atoms with Crippen LogP contribution in [0.1, 0.15) is 29.6 Å². The van der Waals surface area contributed by atoms with E-state index in [2.05, 4.69) is 16.2 Å². The van der Waals surface area contributed by atoms with Gasteiger partial charge in [-0.25, -0.2) is 15.2 Å². The second-order valence-electron chi connectivity index (χ2n) is 7.70. The second-order valence-corrected chi connectivity index (χ2v) is 7.70. The summed E-state index contributed by atoms with van der Waals surface area (Å²) in [6.45, 7) is 0. The van der Waals surface area contributed by atoms with Crippen molar-refractivity contribution in [1.82, 2.24) is 16.2 Å². The van der Waals surface area contributed by atoms with Crippen LogP contribution in [0.3, 0.4) is 0 Å². The molecule has 0 aromatic heterocycles. The number of hydrazine groups is 1. The first-order chi connectivity index (χ1) is 15.0. The molecule has 0 spiro atoms. The van der Waals surface area contributed by atoms with E-state index in [0.717, 1.165) is 11.1 Å². The molecule has 0 aliphatic carbocycles. The second kappa shape index (κ2) is 8.70. The molecule has 2 aromatic rings.